The Morgan fingerprint density at radius 2 is 2.12 bits per heavy atom. The highest BCUT2D eigenvalue weighted by Crippen LogP contribution is 2.22. The number of thiophene rings is 1. The molecule has 0 aliphatic heterocycles. The van der Waals surface area contributed by atoms with Crippen molar-refractivity contribution in [3.8, 4) is 0 Å². The Bertz CT molecular complexity index is 468. The van der Waals surface area contributed by atoms with Crippen LogP contribution in [0.3, 0.4) is 0 Å². The molecule has 0 spiro atoms. The van der Waals surface area contributed by atoms with Gasteiger partial charge in [0.1, 0.15) is 0 Å². The predicted molar refractivity (Wildman–Crippen MR) is 75.1 cm³/mol. The van der Waals surface area contributed by atoms with Gasteiger partial charge in [-0.15, -0.1) is 11.3 Å². The lowest BCUT2D eigenvalue weighted by molar-refractivity contribution is 1.04. The Balaban J connectivity index is 1.84. The number of rotatable bonds is 4. The average molecular weight is 297 g/mol. The van der Waals surface area contributed by atoms with E-state index in [0.717, 1.165) is 24.3 Å². The lowest BCUT2D eigenvalue weighted by atomic mass is 10.2. The molecule has 0 atom stereocenters. The minimum absolute atomic E-state index is 0.795. The molecule has 2 nitrogen and oxygen atoms in total. The van der Waals surface area contributed by atoms with Crippen molar-refractivity contribution in [2.45, 2.75) is 6.42 Å². The van der Waals surface area contributed by atoms with E-state index < -0.39 is 0 Å². The quantitative estimate of drug-likeness (QED) is 0.844. The Hall–Kier alpha value is -1.000. The lowest BCUT2D eigenvalue weighted by Crippen LogP contribution is -2.03. The molecule has 0 bridgehead atoms. The lowest BCUT2D eigenvalue weighted by Gasteiger charge is -2.05. The van der Waals surface area contributed by atoms with Gasteiger partial charge >= 0.3 is 0 Å². The van der Waals surface area contributed by atoms with Crippen LogP contribution in [0.5, 0.6) is 0 Å². The van der Waals surface area contributed by atoms with Crippen molar-refractivity contribution >= 4 is 38.6 Å². The first-order valence-corrected chi connectivity index (χ1v) is 6.68. The maximum absolute atomic E-state index is 5.70. The van der Waals surface area contributed by atoms with E-state index in [4.69, 9.17) is 5.73 Å². The second-order valence-corrected chi connectivity index (χ2v) is 6.06. The first kappa shape index (κ1) is 11.5. The van der Waals surface area contributed by atoms with E-state index in [9.17, 15) is 0 Å². The standard InChI is InChI=1S/C12H13BrN2S/c13-12-5-4-11(16-12)6-7-15-10-3-1-2-9(14)8-10/h1-5,8,15H,6-7,14H2. The molecule has 1 aromatic heterocycles. The molecule has 4 heteroatoms. The van der Waals surface area contributed by atoms with Crippen molar-refractivity contribution in [2.24, 2.45) is 0 Å². The van der Waals surface area contributed by atoms with Crippen LogP contribution < -0.4 is 11.1 Å². The Kier molecular flexibility index (Phi) is 3.85. The van der Waals surface area contributed by atoms with Crippen LogP contribution in [-0.2, 0) is 6.42 Å². The molecule has 0 unspecified atom stereocenters. The minimum Gasteiger partial charge on any atom is -0.399 e. The van der Waals surface area contributed by atoms with Gasteiger partial charge in [0, 0.05) is 22.8 Å². The Morgan fingerprint density at radius 3 is 2.81 bits per heavy atom. The van der Waals surface area contributed by atoms with Gasteiger partial charge in [-0.2, -0.15) is 0 Å². The van der Waals surface area contributed by atoms with Crippen LogP contribution in [-0.4, -0.2) is 6.54 Å². The zero-order valence-electron chi connectivity index (χ0n) is 8.74. The van der Waals surface area contributed by atoms with Crippen LogP contribution in [0.15, 0.2) is 40.2 Å². The van der Waals surface area contributed by atoms with Crippen LogP contribution in [0.4, 0.5) is 11.4 Å². The van der Waals surface area contributed by atoms with Gasteiger partial charge in [-0.05, 0) is 52.7 Å². The summed E-state index contributed by atoms with van der Waals surface area (Å²) in [5.41, 5.74) is 7.58. The molecule has 0 fully saturated rings. The van der Waals surface area contributed by atoms with Crippen LogP contribution >= 0.6 is 27.3 Å². The van der Waals surface area contributed by atoms with Gasteiger partial charge in [0.15, 0.2) is 0 Å². The molecular formula is C12H13BrN2S. The Labute approximate surface area is 108 Å². The molecule has 0 amide bonds. The van der Waals surface area contributed by atoms with E-state index in [1.54, 1.807) is 11.3 Å². The molecule has 84 valence electrons. The van der Waals surface area contributed by atoms with Gasteiger partial charge in [0.05, 0.1) is 3.79 Å². The SMILES string of the molecule is Nc1cccc(NCCc2ccc(Br)s2)c1. The van der Waals surface area contributed by atoms with Crippen molar-refractivity contribution in [1.29, 1.82) is 0 Å². The minimum atomic E-state index is 0.795. The maximum atomic E-state index is 5.70. The molecule has 3 N–H and O–H groups in total. The van der Waals surface area contributed by atoms with E-state index in [2.05, 4.69) is 33.4 Å². The predicted octanol–water partition coefficient (Wildman–Crippen LogP) is 3.75. The first-order chi connectivity index (χ1) is 7.74. The van der Waals surface area contributed by atoms with Crippen LogP contribution in [0.1, 0.15) is 4.88 Å². The van der Waals surface area contributed by atoms with Gasteiger partial charge in [-0.25, -0.2) is 0 Å². The summed E-state index contributed by atoms with van der Waals surface area (Å²) in [6, 6.07) is 12.1. The van der Waals surface area contributed by atoms with Gasteiger partial charge < -0.3 is 11.1 Å². The normalized spacial score (nSPS) is 10.3. The first-order valence-electron chi connectivity index (χ1n) is 5.08. The largest absolute Gasteiger partial charge is 0.399 e. The summed E-state index contributed by atoms with van der Waals surface area (Å²) in [5.74, 6) is 0. The zero-order valence-corrected chi connectivity index (χ0v) is 11.1. The van der Waals surface area contributed by atoms with Crippen molar-refractivity contribution in [1.82, 2.24) is 0 Å². The van der Waals surface area contributed by atoms with Gasteiger partial charge in [0.2, 0.25) is 0 Å². The van der Waals surface area contributed by atoms with E-state index in [0.29, 0.717) is 0 Å². The summed E-state index contributed by atoms with van der Waals surface area (Å²) in [4.78, 5) is 1.38. The topological polar surface area (TPSA) is 38.0 Å². The second-order valence-electron chi connectivity index (χ2n) is 3.51. The van der Waals surface area contributed by atoms with Crippen molar-refractivity contribution in [3.05, 3.63) is 45.1 Å². The van der Waals surface area contributed by atoms with Crippen LogP contribution in [0.25, 0.3) is 0 Å². The average Bonchev–Trinajstić information content (AvgIpc) is 2.64. The van der Waals surface area contributed by atoms with Crippen LogP contribution in [0.2, 0.25) is 0 Å². The van der Waals surface area contributed by atoms with Gasteiger partial charge in [-0.3, -0.25) is 0 Å². The molecule has 16 heavy (non-hydrogen) atoms. The zero-order chi connectivity index (χ0) is 11.4. The fourth-order valence-electron chi connectivity index (χ4n) is 1.46. The van der Waals surface area contributed by atoms with E-state index >= 15 is 0 Å². The number of nitrogens with one attached hydrogen (secondary N) is 1. The third kappa shape index (κ3) is 3.25. The second kappa shape index (κ2) is 5.37. The number of nitrogen functional groups attached to an aromatic ring is 1. The third-order valence-corrected chi connectivity index (χ3v) is 3.90. The Morgan fingerprint density at radius 1 is 1.25 bits per heavy atom. The van der Waals surface area contributed by atoms with Crippen LogP contribution in [0, 0.1) is 0 Å². The summed E-state index contributed by atoms with van der Waals surface area (Å²) in [6.45, 7) is 0.927. The van der Waals surface area contributed by atoms with E-state index in [-0.39, 0.29) is 0 Å². The van der Waals surface area contributed by atoms with Crippen molar-refractivity contribution in [3.63, 3.8) is 0 Å². The van der Waals surface area contributed by atoms with Crippen molar-refractivity contribution < 1.29 is 0 Å². The monoisotopic (exact) mass is 296 g/mol. The summed E-state index contributed by atoms with van der Waals surface area (Å²) < 4.78 is 1.19. The molecular weight excluding hydrogens is 284 g/mol. The van der Waals surface area contributed by atoms with E-state index in [1.807, 2.05) is 24.3 Å². The molecule has 1 aromatic carbocycles. The third-order valence-electron chi connectivity index (χ3n) is 2.22. The number of benzene rings is 1. The smallest absolute Gasteiger partial charge is 0.0701 e. The molecule has 2 rings (SSSR count). The van der Waals surface area contributed by atoms with E-state index in [1.165, 1.54) is 8.66 Å². The number of nitrogens with two attached hydrogens (primary N) is 1. The number of anilines is 2. The number of halogens is 1. The molecule has 0 aliphatic carbocycles. The molecule has 0 saturated heterocycles. The number of hydrogen-bond donors (Lipinski definition) is 2. The highest BCUT2D eigenvalue weighted by Gasteiger charge is 1.97. The molecule has 0 saturated carbocycles. The number of hydrogen-bond acceptors (Lipinski definition) is 3. The molecule has 0 aliphatic rings. The summed E-state index contributed by atoms with van der Waals surface area (Å²) in [7, 11) is 0. The summed E-state index contributed by atoms with van der Waals surface area (Å²) in [5, 5.41) is 3.35. The highest BCUT2D eigenvalue weighted by atomic mass is 79.9. The highest BCUT2D eigenvalue weighted by molar-refractivity contribution is 9.11. The fraction of sp³-hybridized carbons (Fsp3) is 0.167. The maximum Gasteiger partial charge on any atom is 0.0701 e. The van der Waals surface area contributed by atoms with Gasteiger partial charge in [-0.1, -0.05) is 6.07 Å². The summed E-state index contributed by atoms with van der Waals surface area (Å²) >= 11 is 5.24. The summed E-state index contributed by atoms with van der Waals surface area (Å²) in [6.07, 6.45) is 1.03. The molecule has 1 heterocycles. The van der Waals surface area contributed by atoms with Gasteiger partial charge in [0.25, 0.3) is 0 Å². The van der Waals surface area contributed by atoms with Crippen molar-refractivity contribution in [2.75, 3.05) is 17.6 Å². The fourth-order valence-corrected chi connectivity index (χ4v) is 2.95. The molecule has 2 aromatic rings. The molecule has 0 radical (unpaired) electrons.